The summed E-state index contributed by atoms with van der Waals surface area (Å²) in [6.45, 7) is 5.41. The highest BCUT2D eigenvalue weighted by atomic mass is 35.5. The summed E-state index contributed by atoms with van der Waals surface area (Å²) in [5.74, 6) is 0.0636. The highest BCUT2D eigenvalue weighted by Gasteiger charge is 2.70. The van der Waals surface area contributed by atoms with E-state index in [2.05, 4.69) is 5.32 Å². The highest BCUT2D eigenvalue weighted by molar-refractivity contribution is 6.30. The van der Waals surface area contributed by atoms with Crippen molar-refractivity contribution in [2.45, 2.75) is 44.8 Å². The maximum absolute atomic E-state index is 12.8. The van der Waals surface area contributed by atoms with Crippen molar-refractivity contribution in [2.24, 2.45) is 17.1 Å². The molecule has 134 valence electrons. The van der Waals surface area contributed by atoms with E-state index < -0.39 is 5.54 Å². The van der Waals surface area contributed by atoms with Gasteiger partial charge in [-0.1, -0.05) is 37.6 Å². The number of nitrogens with two attached hydrogens (primary N) is 1. The third-order valence-electron chi connectivity index (χ3n) is 5.65. The Bertz CT molecular complexity index is 608. The Balaban J connectivity index is 0.00000208. The summed E-state index contributed by atoms with van der Waals surface area (Å²) in [6.07, 6.45) is 2.78. The topological polar surface area (TPSA) is 64.3 Å². The molecule has 1 aromatic rings. The molecule has 6 heteroatoms. The number of ether oxygens (including phenoxy) is 1. The van der Waals surface area contributed by atoms with E-state index in [1.807, 2.05) is 38.1 Å². The number of carbonyl (C=O) groups excluding carboxylic acids is 1. The van der Waals surface area contributed by atoms with Crippen molar-refractivity contribution in [3.05, 3.63) is 34.9 Å². The van der Waals surface area contributed by atoms with E-state index in [1.165, 1.54) is 0 Å². The van der Waals surface area contributed by atoms with Crippen molar-refractivity contribution < 1.29 is 9.53 Å². The Hall–Kier alpha value is -0.810. The van der Waals surface area contributed by atoms with Gasteiger partial charge in [0.25, 0.3) is 0 Å². The van der Waals surface area contributed by atoms with Crippen LogP contribution in [0.4, 0.5) is 0 Å². The van der Waals surface area contributed by atoms with Crippen LogP contribution in [0.25, 0.3) is 0 Å². The van der Waals surface area contributed by atoms with Crippen molar-refractivity contribution in [1.82, 2.24) is 5.32 Å². The molecule has 3 unspecified atom stereocenters. The average Bonchev–Trinajstić information content (AvgIpc) is 2.54. The zero-order valence-electron chi connectivity index (χ0n) is 14.2. The molecule has 4 nitrogen and oxygen atoms in total. The molecule has 2 aliphatic rings. The van der Waals surface area contributed by atoms with Crippen LogP contribution in [0, 0.1) is 11.3 Å². The number of rotatable bonds is 4. The molecule has 3 atom stereocenters. The SMILES string of the molecule is CC1(C)C2OCCCC2C1(N)C(=O)NCCc1cccc(Cl)c1.Cl. The first-order valence-corrected chi connectivity index (χ1v) is 8.68. The van der Waals surface area contributed by atoms with E-state index in [9.17, 15) is 4.79 Å². The molecule has 0 aromatic heterocycles. The normalized spacial score (nSPS) is 30.5. The molecule has 1 aliphatic heterocycles. The molecule has 1 amide bonds. The molecule has 1 aromatic carbocycles. The van der Waals surface area contributed by atoms with Gasteiger partial charge in [-0.3, -0.25) is 4.79 Å². The number of hydrogen-bond donors (Lipinski definition) is 2. The van der Waals surface area contributed by atoms with Crippen LogP contribution in [-0.2, 0) is 16.0 Å². The van der Waals surface area contributed by atoms with Crippen molar-refractivity contribution in [3.8, 4) is 0 Å². The molecule has 0 radical (unpaired) electrons. The van der Waals surface area contributed by atoms with E-state index in [0.717, 1.165) is 31.4 Å². The molecule has 0 spiro atoms. The summed E-state index contributed by atoms with van der Waals surface area (Å²) in [4.78, 5) is 12.8. The van der Waals surface area contributed by atoms with Crippen LogP contribution in [0.1, 0.15) is 32.3 Å². The maximum Gasteiger partial charge on any atom is 0.241 e. The van der Waals surface area contributed by atoms with Gasteiger partial charge in [0.15, 0.2) is 0 Å². The minimum atomic E-state index is -0.841. The molecule has 2 fully saturated rings. The Morgan fingerprint density at radius 1 is 1.46 bits per heavy atom. The Morgan fingerprint density at radius 3 is 2.92 bits per heavy atom. The Labute approximate surface area is 154 Å². The van der Waals surface area contributed by atoms with E-state index in [4.69, 9.17) is 22.1 Å². The van der Waals surface area contributed by atoms with Gasteiger partial charge in [0.1, 0.15) is 5.54 Å². The second kappa shape index (κ2) is 7.20. The van der Waals surface area contributed by atoms with Gasteiger partial charge in [0.05, 0.1) is 6.10 Å². The van der Waals surface area contributed by atoms with Crippen LogP contribution in [-0.4, -0.2) is 30.7 Å². The van der Waals surface area contributed by atoms with Gasteiger partial charge < -0.3 is 15.8 Å². The van der Waals surface area contributed by atoms with Gasteiger partial charge in [0.2, 0.25) is 5.91 Å². The van der Waals surface area contributed by atoms with Crippen LogP contribution in [0.2, 0.25) is 5.02 Å². The predicted molar refractivity (Wildman–Crippen MR) is 98.6 cm³/mol. The average molecular weight is 373 g/mol. The summed E-state index contributed by atoms with van der Waals surface area (Å²) in [7, 11) is 0. The summed E-state index contributed by atoms with van der Waals surface area (Å²) in [6, 6.07) is 7.69. The first-order chi connectivity index (χ1) is 10.9. The second-order valence-corrected chi connectivity index (χ2v) is 7.70. The quantitative estimate of drug-likeness (QED) is 0.853. The fourth-order valence-electron chi connectivity index (χ4n) is 4.20. The number of benzene rings is 1. The first kappa shape index (κ1) is 19.5. The third-order valence-corrected chi connectivity index (χ3v) is 5.88. The lowest BCUT2D eigenvalue weighted by molar-refractivity contribution is -0.225. The number of carbonyl (C=O) groups is 1. The summed E-state index contributed by atoms with van der Waals surface area (Å²) in [5.41, 5.74) is 6.50. The van der Waals surface area contributed by atoms with Gasteiger partial charge in [-0.2, -0.15) is 0 Å². The highest BCUT2D eigenvalue weighted by Crippen LogP contribution is 2.57. The zero-order valence-corrected chi connectivity index (χ0v) is 15.8. The molecule has 0 bridgehead atoms. The van der Waals surface area contributed by atoms with Crippen LogP contribution >= 0.6 is 24.0 Å². The Morgan fingerprint density at radius 2 is 2.21 bits per heavy atom. The van der Waals surface area contributed by atoms with Crippen LogP contribution < -0.4 is 11.1 Å². The number of hydrogen-bond acceptors (Lipinski definition) is 3. The minimum absolute atomic E-state index is 0. The van der Waals surface area contributed by atoms with Gasteiger partial charge >= 0.3 is 0 Å². The number of nitrogens with one attached hydrogen (secondary N) is 1. The molecule has 24 heavy (non-hydrogen) atoms. The molecular formula is C18H26Cl2N2O2. The molecule has 1 saturated carbocycles. The molecule has 3 N–H and O–H groups in total. The number of fused-ring (bicyclic) bond motifs is 1. The monoisotopic (exact) mass is 372 g/mol. The molecule has 3 rings (SSSR count). The smallest absolute Gasteiger partial charge is 0.241 e. The first-order valence-electron chi connectivity index (χ1n) is 8.30. The largest absolute Gasteiger partial charge is 0.377 e. The van der Waals surface area contributed by atoms with E-state index in [1.54, 1.807) is 0 Å². The van der Waals surface area contributed by atoms with Gasteiger partial charge in [-0.05, 0) is 37.0 Å². The van der Waals surface area contributed by atoms with Crippen LogP contribution in [0.3, 0.4) is 0 Å². The molecular weight excluding hydrogens is 347 g/mol. The molecule has 1 saturated heterocycles. The van der Waals surface area contributed by atoms with E-state index in [0.29, 0.717) is 11.6 Å². The molecule has 1 aliphatic carbocycles. The van der Waals surface area contributed by atoms with Crippen molar-refractivity contribution >= 4 is 29.9 Å². The van der Waals surface area contributed by atoms with Crippen LogP contribution in [0.5, 0.6) is 0 Å². The lowest BCUT2D eigenvalue weighted by Crippen LogP contribution is -2.82. The maximum atomic E-state index is 12.8. The number of amides is 1. The minimum Gasteiger partial charge on any atom is -0.377 e. The predicted octanol–water partition coefficient (Wildman–Crippen LogP) is 2.95. The summed E-state index contributed by atoms with van der Waals surface area (Å²) >= 11 is 5.98. The van der Waals surface area contributed by atoms with Crippen molar-refractivity contribution in [3.63, 3.8) is 0 Å². The zero-order chi connectivity index (χ0) is 16.7. The lowest BCUT2D eigenvalue weighted by atomic mass is 9.46. The lowest BCUT2D eigenvalue weighted by Gasteiger charge is -2.65. The van der Waals surface area contributed by atoms with E-state index in [-0.39, 0.29) is 35.8 Å². The summed E-state index contributed by atoms with van der Waals surface area (Å²) < 4.78 is 5.85. The van der Waals surface area contributed by atoms with Crippen molar-refractivity contribution in [1.29, 1.82) is 0 Å². The van der Waals surface area contributed by atoms with Crippen molar-refractivity contribution in [2.75, 3.05) is 13.2 Å². The summed E-state index contributed by atoms with van der Waals surface area (Å²) in [5, 5.41) is 3.73. The fourth-order valence-corrected chi connectivity index (χ4v) is 4.41. The number of halogens is 2. The second-order valence-electron chi connectivity index (χ2n) is 7.27. The molecule has 1 heterocycles. The fraction of sp³-hybridized carbons (Fsp3) is 0.611. The van der Waals surface area contributed by atoms with Gasteiger partial charge in [0, 0.05) is 29.5 Å². The standard InChI is InChI=1S/C18H25ClN2O2.ClH/c1-17(2)15-14(7-4-10-23-15)18(17,20)16(22)21-9-8-12-5-3-6-13(19)11-12;/h3,5-6,11,14-15H,4,7-10,20H2,1-2H3,(H,21,22);1H. The van der Waals surface area contributed by atoms with Gasteiger partial charge in [-0.15, -0.1) is 12.4 Å². The van der Waals surface area contributed by atoms with Crippen LogP contribution in [0.15, 0.2) is 24.3 Å². The van der Waals surface area contributed by atoms with E-state index >= 15 is 0 Å². The Kier molecular flexibility index (Phi) is 5.86. The van der Waals surface area contributed by atoms with Gasteiger partial charge in [-0.25, -0.2) is 0 Å². The third kappa shape index (κ3) is 3.05.